The molecule has 0 heterocycles. The molecular weight excluding hydrogens is 154 g/mol. The minimum Gasteiger partial charge on any atom is -0.708 e. The van der Waals surface area contributed by atoms with Crippen LogP contribution in [0.1, 0.15) is 13.3 Å². The summed E-state index contributed by atoms with van der Waals surface area (Å²) in [6, 6.07) is 2.39. The molecule has 0 aliphatic carbocycles. The van der Waals surface area contributed by atoms with E-state index in [1.807, 2.05) is 25.9 Å². The molecule has 0 aromatic rings. The summed E-state index contributed by atoms with van der Waals surface area (Å²) in [7, 11) is 3.97. The third-order valence-electron chi connectivity index (χ3n) is 1.31. The van der Waals surface area contributed by atoms with Gasteiger partial charge in [0.2, 0.25) is 0 Å². The van der Waals surface area contributed by atoms with E-state index in [2.05, 4.69) is 11.0 Å². The van der Waals surface area contributed by atoms with E-state index in [4.69, 9.17) is 0 Å². The predicted octanol–water partition coefficient (Wildman–Crippen LogP) is 0.642. The van der Waals surface area contributed by atoms with Crippen LogP contribution in [0.3, 0.4) is 0 Å². The van der Waals surface area contributed by atoms with E-state index in [1.165, 1.54) is 0 Å². The number of hydroxylamine groups is 1. The Labute approximate surface area is 73.8 Å². The molecule has 0 bridgehead atoms. The summed E-state index contributed by atoms with van der Waals surface area (Å²) in [4.78, 5) is 5.77. The van der Waals surface area contributed by atoms with Crippen molar-refractivity contribution in [3.05, 3.63) is 5.21 Å². The van der Waals surface area contributed by atoms with Crippen molar-refractivity contribution >= 4 is 6.01 Å². The van der Waals surface area contributed by atoms with E-state index in [9.17, 15) is 5.21 Å². The molecule has 0 N–H and O–H groups in total. The van der Waals surface area contributed by atoms with Crippen LogP contribution in [-0.4, -0.2) is 49.4 Å². The second-order valence-corrected chi connectivity index (χ2v) is 2.83. The first kappa shape index (κ1) is 11.1. The largest absolute Gasteiger partial charge is 0.708 e. The molecule has 12 heavy (non-hydrogen) atoms. The first-order valence-electron chi connectivity index (χ1n) is 4.18. The minimum absolute atomic E-state index is 0.474. The SMILES string of the molecule is CCN=C=[N+]([O-])CCCN(C)C. The van der Waals surface area contributed by atoms with E-state index in [0.29, 0.717) is 13.1 Å². The predicted molar refractivity (Wildman–Crippen MR) is 49.6 cm³/mol. The highest BCUT2D eigenvalue weighted by Crippen LogP contribution is 1.82. The Bertz CT molecular complexity index is 171. The summed E-state index contributed by atoms with van der Waals surface area (Å²) in [5.74, 6) is 0. The van der Waals surface area contributed by atoms with Crippen LogP contribution in [0, 0.1) is 5.21 Å². The van der Waals surface area contributed by atoms with E-state index in [1.54, 1.807) is 0 Å². The Hall–Kier alpha value is -0.860. The fourth-order valence-corrected chi connectivity index (χ4v) is 0.730. The quantitative estimate of drug-likeness (QED) is 0.264. The van der Waals surface area contributed by atoms with Gasteiger partial charge >= 0.3 is 6.01 Å². The summed E-state index contributed by atoms with van der Waals surface area (Å²) in [5.41, 5.74) is 0. The first-order chi connectivity index (χ1) is 5.66. The molecule has 4 nitrogen and oxygen atoms in total. The van der Waals surface area contributed by atoms with Crippen molar-refractivity contribution in [2.75, 3.05) is 33.7 Å². The Morgan fingerprint density at radius 2 is 2.17 bits per heavy atom. The molecular formula is C8H17N3O. The van der Waals surface area contributed by atoms with E-state index >= 15 is 0 Å². The number of hydrogen-bond donors (Lipinski definition) is 0. The van der Waals surface area contributed by atoms with Gasteiger partial charge < -0.3 is 10.1 Å². The number of aliphatic imine (C=N–C) groups is 1. The van der Waals surface area contributed by atoms with Gasteiger partial charge in [-0.3, -0.25) is 0 Å². The minimum atomic E-state index is 0.474. The molecule has 0 amide bonds. The molecule has 0 radical (unpaired) electrons. The highest BCUT2D eigenvalue weighted by molar-refractivity contribution is 5.33. The third-order valence-corrected chi connectivity index (χ3v) is 1.31. The lowest BCUT2D eigenvalue weighted by atomic mass is 10.4. The summed E-state index contributed by atoms with van der Waals surface area (Å²) in [6.45, 7) is 3.89. The molecule has 0 saturated heterocycles. The molecule has 0 rings (SSSR count). The van der Waals surface area contributed by atoms with Gasteiger partial charge in [0.25, 0.3) is 0 Å². The Kier molecular flexibility index (Phi) is 6.34. The van der Waals surface area contributed by atoms with Crippen molar-refractivity contribution in [3.63, 3.8) is 0 Å². The van der Waals surface area contributed by atoms with Gasteiger partial charge in [0.05, 0.1) is 6.54 Å². The molecule has 0 aliphatic heterocycles. The molecule has 0 saturated carbocycles. The lowest BCUT2D eigenvalue weighted by molar-refractivity contribution is -0.451. The van der Waals surface area contributed by atoms with Crippen LogP contribution in [0.5, 0.6) is 0 Å². The molecule has 0 aromatic heterocycles. The van der Waals surface area contributed by atoms with Crippen LogP contribution < -0.4 is 0 Å². The Morgan fingerprint density at radius 3 is 2.67 bits per heavy atom. The normalized spacial score (nSPS) is 9.67. The topological polar surface area (TPSA) is 41.7 Å². The fraction of sp³-hybridized carbons (Fsp3) is 0.875. The zero-order valence-electron chi connectivity index (χ0n) is 8.08. The van der Waals surface area contributed by atoms with Gasteiger partial charge in [-0.1, -0.05) is 0 Å². The highest BCUT2D eigenvalue weighted by Gasteiger charge is 1.91. The van der Waals surface area contributed by atoms with Crippen molar-refractivity contribution in [1.29, 1.82) is 0 Å². The number of rotatable bonds is 5. The first-order valence-corrected chi connectivity index (χ1v) is 4.18. The monoisotopic (exact) mass is 171 g/mol. The van der Waals surface area contributed by atoms with Gasteiger partial charge in [0, 0.05) is 6.54 Å². The molecule has 4 heteroatoms. The van der Waals surface area contributed by atoms with Gasteiger partial charge in [0.15, 0.2) is 0 Å². The molecule has 70 valence electrons. The molecule has 0 spiro atoms. The maximum absolute atomic E-state index is 10.9. The van der Waals surface area contributed by atoms with E-state index in [-0.39, 0.29) is 0 Å². The van der Waals surface area contributed by atoms with Crippen LogP contribution in [0.25, 0.3) is 0 Å². The van der Waals surface area contributed by atoms with Crippen LogP contribution in [-0.2, 0) is 0 Å². The van der Waals surface area contributed by atoms with Crippen molar-refractivity contribution in [2.24, 2.45) is 4.99 Å². The Morgan fingerprint density at radius 1 is 1.50 bits per heavy atom. The standard InChI is InChI=1S/C8H17N3O/c1-4-9-8-11(12)7-5-6-10(2)3/h4-7H2,1-3H3. The van der Waals surface area contributed by atoms with Gasteiger partial charge in [-0.2, -0.15) is 0 Å². The summed E-state index contributed by atoms with van der Waals surface area (Å²) < 4.78 is 0.757. The second-order valence-electron chi connectivity index (χ2n) is 2.83. The van der Waals surface area contributed by atoms with Crippen LogP contribution in [0.15, 0.2) is 4.99 Å². The summed E-state index contributed by atoms with van der Waals surface area (Å²) in [6.07, 6.45) is 0.850. The molecule has 0 atom stereocenters. The molecule has 0 aromatic carbocycles. The van der Waals surface area contributed by atoms with Crippen molar-refractivity contribution < 1.29 is 4.74 Å². The number of hydrogen-bond acceptors (Lipinski definition) is 3. The number of nitrogens with zero attached hydrogens (tertiary/aromatic N) is 3. The Balaban J connectivity index is 3.57. The van der Waals surface area contributed by atoms with Gasteiger partial charge in [-0.25, -0.2) is 4.74 Å². The molecule has 0 unspecified atom stereocenters. The highest BCUT2D eigenvalue weighted by atomic mass is 16.5. The van der Waals surface area contributed by atoms with Crippen molar-refractivity contribution in [1.82, 2.24) is 4.90 Å². The lowest BCUT2D eigenvalue weighted by Crippen LogP contribution is -2.16. The third kappa shape index (κ3) is 7.25. The lowest BCUT2D eigenvalue weighted by Gasteiger charge is -2.09. The molecule has 0 fully saturated rings. The zero-order valence-corrected chi connectivity index (χ0v) is 8.08. The van der Waals surface area contributed by atoms with Crippen molar-refractivity contribution in [3.8, 4) is 0 Å². The van der Waals surface area contributed by atoms with Crippen LogP contribution in [0.2, 0.25) is 0 Å². The van der Waals surface area contributed by atoms with E-state index < -0.39 is 0 Å². The smallest absolute Gasteiger partial charge is 0.310 e. The van der Waals surface area contributed by atoms with Crippen LogP contribution >= 0.6 is 0 Å². The summed E-state index contributed by atoms with van der Waals surface area (Å²) >= 11 is 0. The second kappa shape index (κ2) is 6.83. The summed E-state index contributed by atoms with van der Waals surface area (Å²) in [5, 5.41) is 10.9. The average molecular weight is 171 g/mol. The molecule has 0 aliphatic rings. The van der Waals surface area contributed by atoms with Gasteiger partial charge in [0.1, 0.15) is 6.54 Å². The van der Waals surface area contributed by atoms with Gasteiger partial charge in [-0.15, -0.1) is 0 Å². The fourth-order valence-electron chi connectivity index (χ4n) is 0.730. The maximum Gasteiger partial charge on any atom is 0.310 e. The maximum atomic E-state index is 10.9. The van der Waals surface area contributed by atoms with E-state index in [0.717, 1.165) is 17.7 Å². The zero-order chi connectivity index (χ0) is 9.40. The van der Waals surface area contributed by atoms with Crippen LogP contribution in [0.4, 0.5) is 0 Å². The van der Waals surface area contributed by atoms with Gasteiger partial charge in [-0.05, 0) is 32.4 Å². The van der Waals surface area contributed by atoms with Crippen molar-refractivity contribution in [2.45, 2.75) is 13.3 Å². The average Bonchev–Trinajstić information content (AvgIpc) is 2.00.